The van der Waals surface area contributed by atoms with Gasteiger partial charge < -0.3 is 10.1 Å². The Bertz CT molecular complexity index is 435. The van der Waals surface area contributed by atoms with E-state index < -0.39 is 11.4 Å². The van der Waals surface area contributed by atoms with Crippen LogP contribution in [0.1, 0.15) is 31.5 Å². The highest BCUT2D eigenvalue weighted by atomic mass is 16.4. The highest BCUT2D eigenvalue weighted by Gasteiger charge is 2.28. The number of aromatic amines is 1. The largest absolute Gasteiger partial charge is 0.481 e. The van der Waals surface area contributed by atoms with Gasteiger partial charge in [-0.05, 0) is 6.92 Å². The molecule has 0 saturated heterocycles. The van der Waals surface area contributed by atoms with E-state index in [1.807, 2.05) is 0 Å². The molecule has 0 amide bonds. The van der Waals surface area contributed by atoms with Crippen molar-refractivity contribution in [3.05, 3.63) is 27.9 Å². The lowest BCUT2D eigenvalue weighted by atomic mass is 9.83. The molecular formula is C10H14N2O3. The molecule has 0 fully saturated rings. The Labute approximate surface area is 87.2 Å². The SMILES string of the molecule is Cc1c(C(C)(C)CC(=O)O)nc[nH]c1=O. The fourth-order valence-corrected chi connectivity index (χ4v) is 1.61. The summed E-state index contributed by atoms with van der Waals surface area (Å²) < 4.78 is 0. The molecule has 0 aromatic carbocycles. The predicted octanol–water partition coefficient (Wildman–Crippen LogP) is 0.831. The number of nitrogens with one attached hydrogen (secondary N) is 1. The molecule has 15 heavy (non-hydrogen) atoms. The Kier molecular flexibility index (Phi) is 2.93. The van der Waals surface area contributed by atoms with Crippen LogP contribution in [0.25, 0.3) is 0 Å². The zero-order chi connectivity index (χ0) is 11.6. The summed E-state index contributed by atoms with van der Waals surface area (Å²) in [5, 5.41) is 8.76. The van der Waals surface area contributed by atoms with Gasteiger partial charge in [0.15, 0.2) is 0 Å². The Hall–Kier alpha value is -1.65. The third-order valence-corrected chi connectivity index (χ3v) is 2.32. The van der Waals surface area contributed by atoms with Crippen LogP contribution in [0.3, 0.4) is 0 Å². The molecule has 0 aliphatic rings. The quantitative estimate of drug-likeness (QED) is 0.774. The van der Waals surface area contributed by atoms with E-state index in [1.165, 1.54) is 6.33 Å². The van der Waals surface area contributed by atoms with Crippen LogP contribution in [0.2, 0.25) is 0 Å². The van der Waals surface area contributed by atoms with E-state index >= 15 is 0 Å². The van der Waals surface area contributed by atoms with Crippen LogP contribution >= 0.6 is 0 Å². The normalized spacial score (nSPS) is 11.4. The second kappa shape index (κ2) is 3.84. The number of carboxylic acids is 1. The third kappa shape index (κ3) is 2.43. The molecule has 0 unspecified atom stereocenters. The molecule has 0 spiro atoms. The van der Waals surface area contributed by atoms with Gasteiger partial charge in [-0.3, -0.25) is 9.59 Å². The van der Waals surface area contributed by atoms with Crippen molar-refractivity contribution in [2.45, 2.75) is 32.6 Å². The summed E-state index contributed by atoms with van der Waals surface area (Å²) in [6, 6.07) is 0. The maximum Gasteiger partial charge on any atom is 0.304 e. The van der Waals surface area contributed by atoms with Crippen molar-refractivity contribution in [3.63, 3.8) is 0 Å². The number of H-pyrrole nitrogens is 1. The summed E-state index contributed by atoms with van der Waals surface area (Å²) in [7, 11) is 0. The molecule has 0 bridgehead atoms. The first kappa shape index (κ1) is 11.4. The summed E-state index contributed by atoms with van der Waals surface area (Å²) in [4.78, 5) is 28.5. The average molecular weight is 210 g/mol. The minimum Gasteiger partial charge on any atom is -0.481 e. The van der Waals surface area contributed by atoms with Crippen molar-refractivity contribution in [1.82, 2.24) is 9.97 Å². The molecule has 82 valence electrons. The lowest BCUT2D eigenvalue weighted by molar-refractivity contribution is -0.138. The number of aromatic nitrogens is 2. The number of aliphatic carboxylic acids is 1. The molecule has 0 radical (unpaired) electrons. The molecule has 0 aliphatic carbocycles. The van der Waals surface area contributed by atoms with Gasteiger partial charge >= 0.3 is 5.97 Å². The van der Waals surface area contributed by atoms with Crippen molar-refractivity contribution in [2.24, 2.45) is 0 Å². The van der Waals surface area contributed by atoms with Crippen molar-refractivity contribution < 1.29 is 9.90 Å². The Morgan fingerprint density at radius 2 is 2.20 bits per heavy atom. The van der Waals surface area contributed by atoms with Gasteiger partial charge in [0.1, 0.15) is 0 Å². The van der Waals surface area contributed by atoms with Gasteiger partial charge in [0, 0.05) is 11.0 Å². The van der Waals surface area contributed by atoms with Gasteiger partial charge in [-0.15, -0.1) is 0 Å². The zero-order valence-electron chi connectivity index (χ0n) is 9.00. The third-order valence-electron chi connectivity index (χ3n) is 2.32. The van der Waals surface area contributed by atoms with Gasteiger partial charge in [0.05, 0.1) is 18.4 Å². The van der Waals surface area contributed by atoms with E-state index in [1.54, 1.807) is 20.8 Å². The molecule has 0 aliphatic heterocycles. The number of rotatable bonds is 3. The lowest BCUT2D eigenvalue weighted by Gasteiger charge is -2.22. The monoisotopic (exact) mass is 210 g/mol. The van der Waals surface area contributed by atoms with Crippen LogP contribution in [0.5, 0.6) is 0 Å². The minimum atomic E-state index is -0.901. The Morgan fingerprint density at radius 1 is 1.60 bits per heavy atom. The van der Waals surface area contributed by atoms with E-state index in [0.717, 1.165) is 0 Å². The fourth-order valence-electron chi connectivity index (χ4n) is 1.61. The second-order valence-electron chi connectivity index (χ2n) is 4.16. The maximum atomic E-state index is 11.3. The van der Waals surface area contributed by atoms with Crippen molar-refractivity contribution in [3.8, 4) is 0 Å². The van der Waals surface area contributed by atoms with E-state index in [-0.39, 0.29) is 12.0 Å². The van der Waals surface area contributed by atoms with E-state index in [0.29, 0.717) is 11.3 Å². The van der Waals surface area contributed by atoms with Gasteiger partial charge in [-0.2, -0.15) is 0 Å². The van der Waals surface area contributed by atoms with Crippen molar-refractivity contribution >= 4 is 5.97 Å². The van der Waals surface area contributed by atoms with Gasteiger partial charge in [0.25, 0.3) is 5.56 Å². The van der Waals surface area contributed by atoms with Gasteiger partial charge in [-0.25, -0.2) is 4.98 Å². The smallest absolute Gasteiger partial charge is 0.304 e. The number of hydrogen-bond acceptors (Lipinski definition) is 3. The first-order valence-corrected chi connectivity index (χ1v) is 4.61. The van der Waals surface area contributed by atoms with Crippen LogP contribution in [0, 0.1) is 6.92 Å². The zero-order valence-corrected chi connectivity index (χ0v) is 9.00. The molecule has 5 heteroatoms. The van der Waals surface area contributed by atoms with Crippen LogP contribution in [0.15, 0.2) is 11.1 Å². The van der Waals surface area contributed by atoms with E-state index in [4.69, 9.17) is 5.11 Å². The molecular weight excluding hydrogens is 196 g/mol. The average Bonchev–Trinajstić information content (AvgIpc) is 2.07. The van der Waals surface area contributed by atoms with E-state index in [2.05, 4.69) is 9.97 Å². The number of carboxylic acid groups (broad SMARTS) is 1. The first-order chi connectivity index (χ1) is 6.84. The van der Waals surface area contributed by atoms with Crippen molar-refractivity contribution in [2.75, 3.05) is 0 Å². The topological polar surface area (TPSA) is 83.0 Å². The Balaban J connectivity index is 3.20. The predicted molar refractivity (Wildman–Crippen MR) is 54.9 cm³/mol. The molecule has 1 aromatic rings. The Morgan fingerprint density at radius 3 is 2.73 bits per heavy atom. The van der Waals surface area contributed by atoms with Crippen molar-refractivity contribution in [1.29, 1.82) is 0 Å². The summed E-state index contributed by atoms with van der Waals surface area (Å²) >= 11 is 0. The number of nitrogens with zero attached hydrogens (tertiary/aromatic N) is 1. The molecule has 1 heterocycles. The second-order valence-corrected chi connectivity index (χ2v) is 4.16. The molecule has 0 atom stereocenters. The molecule has 5 nitrogen and oxygen atoms in total. The standard InChI is InChI=1S/C10H14N2O3/c1-6-8(11-5-12-9(6)15)10(2,3)4-7(13)14/h5H,4H2,1-3H3,(H,13,14)(H,11,12,15). The van der Waals surface area contributed by atoms with Gasteiger partial charge in [0.2, 0.25) is 0 Å². The molecule has 1 aromatic heterocycles. The van der Waals surface area contributed by atoms with Gasteiger partial charge in [-0.1, -0.05) is 13.8 Å². The maximum absolute atomic E-state index is 11.3. The summed E-state index contributed by atoms with van der Waals surface area (Å²) in [5.74, 6) is -0.901. The summed E-state index contributed by atoms with van der Waals surface area (Å²) in [6.07, 6.45) is 1.25. The number of carbonyl (C=O) groups is 1. The molecule has 1 rings (SSSR count). The van der Waals surface area contributed by atoms with Crippen LogP contribution < -0.4 is 5.56 Å². The fraction of sp³-hybridized carbons (Fsp3) is 0.500. The van der Waals surface area contributed by atoms with Crippen LogP contribution in [-0.2, 0) is 10.2 Å². The number of hydrogen-bond donors (Lipinski definition) is 2. The summed E-state index contributed by atoms with van der Waals surface area (Å²) in [6.45, 7) is 5.16. The van der Waals surface area contributed by atoms with Crippen LogP contribution in [-0.4, -0.2) is 21.0 Å². The van der Waals surface area contributed by atoms with Crippen LogP contribution in [0.4, 0.5) is 0 Å². The first-order valence-electron chi connectivity index (χ1n) is 4.61. The summed E-state index contributed by atoms with van der Waals surface area (Å²) in [5.41, 5.74) is 0.153. The minimum absolute atomic E-state index is 0.0513. The highest BCUT2D eigenvalue weighted by Crippen LogP contribution is 2.25. The highest BCUT2D eigenvalue weighted by molar-refractivity contribution is 5.68. The molecule has 2 N–H and O–H groups in total. The lowest BCUT2D eigenvalue weighted by Crippen LogP contribution is -2.28. The van der Waals surface area contributed by atoms with E-state index in [9.17, 15) is 9.59 Å². The molecule has 0 saturated carbocycles.